The molecule has 1 aliphatic heterocycles. The highest BCUT2D eigenvalue weighted by Gasteiger charge is 2.28. The van der Waals surface area contributed by atoms with Crippen LogP contribution in [-0.2, 0) is 4.79 Å². The van der Waals surface area contributed by atoms with E-state index in [9.17, 15) is 9.90 Å². The maximum absolute atomic E-state index is 11.3. The Balaban J connectivity index is 1.37. The number of aliphatic imine (C=N–C) groups is 1. The molecule has 2 heterocycles. The molecule has 0 spiro atoms. The molecule has 160 valence electrons. The van der Waals surface area contributed by atoms with Crippen molar-refractivity contribution in [3.05, 3.63) is 83.2 Å². The van der Waals surface area contributed by atoms with E-state index in [1.54, 1.807) is 17.8 Å². The Morgan fingerprint density at radius 1 is 1.16 bits per heavy atom. The van der Waals surface area contributed by atoms with Gasteiger partial charge in [-0.25, -0.2) is 0 Å². The topological polar surface area (TPSA) is 84.9 Å². The molecule has 4 rings (SSSR count). The van der Waals surface area contributed by atoms with Gasteiger partial charge in [-0.2, -0.15) is 0 Å². The van der Waals surface area contributed by atoms with Crippen LogP contribution in [0.5, 0.6) is 5.75 Å². The standard InChI is InChI=1S/C24H24N2O4S/c1-15-3-5-18(6-4-15)24-25-16(2)22(31-24)14-29-19-9-7-17(8-10-19)20(13-23(27)28)21-11-12-30-26-21/h3-12,16,20,22H,13-14H2,1-2H3,(H,27,28)/t16?,20-,22?/m1/s1. The molecule has 31 heavy (non-hydrogen) atoms. The second kappa shape index (κ2) is 9.39. The molecular formula is C24H24N2O4S. The fraction of sp³-hybridized carbons (Fsp3) is 0.292. The molecular weight excluding hydrogens is 412 g/mol. The van der Waals surface area contributed by atoms with Gasteiger partial charge in [-0.15, -0.1) is 0 Å². The summed E-state index contributed by atoms with van der Waals surface area (Å²) in [6, 6.07) is 17.8. The fourth-order valence-electron chi connectivity index (χ4n) is 3.50. The molecule has 0 saturated heterocycles. The molecule has 0 fully saturated rings. The smallest absolute Gasteiger partial charge is 0.304 e. The lowest BCUT2D eigenvalue weighted by atomic mass is 9.92. The highest BCUT2D eigenvalue weighted by atomic mass is 32.2. The molecule has 0 aliphatic carbocycles. The van der Waals surface area contributed by atoms with Crippen LogP contribution >= 0.6 is 11.8 Å². The Kier molecular flexibility index (Phi) is 6.42. The highest BCUT2D eigenvalue weighted by molar-refractivity contribution is 8.15. The molecule has 2 aromatic carbocycles. The first-order valence-corrected chi connectivity index (χ1v) is 11.0. The molecule has 0 saturated carbocycles. The Morgan fingerprint density at radius 3 is 2.55 bits per heavy atom. The number of ether oxygens (including phenoxy) is 1. The molecule has 1 aliphatic rings. The van der Waals surface area contributed by atoms with E-state index in [1.165, 1.54) is 11.8 Å². The van der Waals surface area contributed by atoms with Crippen LogP contribution in [0.2, 0.25) is 0 Å². The van der Waals surface area contributed by atoms with Crippen LogP contribution in [-0.4, -0.2) is 39.2 Å². The van der Waals surface area contributed by atoms with Gasteiger partial charge in [0.1, 0.15) is 18.6 Å². The second-order valence-corrected chi connectivity index (χ2v) is 8.88. The van der Waals surface area contributed by atoms with Gasteiger partial charge in [0.2, 0.25) is 0 Å². The average Bonchev–Trinajstić information content (AvgIpc) is 3.41. The summed E-state index contributed by atoms with van der Waals surface area (Å²) in [6.07, 6.45) is 1.40. The van der Waals surface area contributed by atoms with Crippen molar-refractivity contribution < 1.29 is 19.2 Å². The monoisotopic (exact) mass is 436 g/mol. The zero-order chi connectivity index (χ0) is 21.8. The summed E-state index contributed by atoms with van der Waals surface area (Å²) in [7, 11) is 0. The molecule has 3 aromatic rings. The first-order valence-electron chi connectivity index (χ1n) is 10.2. The largest absolute Gasteiger partial charge is 0.492 e. The van der Waals surface area contributed by atoms with E-state index in [-0.39, 0.29) is 23.6 Å². The quantitative estimate of drug-likeness (QED) is 0.540. The lowest BCUT2D eigenvalue weighted by Gasteiger charge is -2.16. The molecule has 1 N–H and O–H groups in total. The Morgan fingerprint density at radius 2 is 1.90 bits per heavy atom. The van der Waals surface area contributed by atoms with Crippen LogP contribution in [0.25, 0.3) is 0 Å². The van der Waals surface area contributed by atoms with Gasteiger partial charge >= 0.3 is 5.97 Å². The van der Waals surface area contributed by atoms with Crippen molar-refractivity contribution in [3.63, 3.8) is 0 Å². The van der Waals surface area contributed by atoms with Crippen molar-refractivity contribution in [2.24, 2.45) is 4.99 Å². The zero-order valence-electron chi connectivity index (χ0n) is 17.4. The SMILES string of the molecule is Cc1ccc(C2=NC(C)C(COc3ccc([C@@H](CC(=O)O)c4ccon4)cc3)S2)cc1. The van der Waals surface area contributed by atoms with E-state index in [4.69, 9.17) is 14.3 Å². The van der Waals surface area contributed by atoms with Crippen LogP contribution in [0.4, 0.5) is 0 Å². The van der Waals surface area contributed by atoms with Crippen LogP contribution in [0, 0.1) is 6.92 Å². The van der Waals surface area contributed by atoms with E-state index in [0.717, 1.165) is 21.9 Å². The zero-order valence-corrected chi connectivity index (χ0v) is 18.2. The third-order valence-electron chi connectivity index (χ3n) is 5.31. The van der Waals surface area contributed by atoms with Crippen LogP contribution in [0.1, 0.15) is 41.6 Å². The summed E-state index contributed by atoms with van der Waals surface area (Å²) in [5.41, 5.74) is 3.84. The molecule has 0 amide bonds. The van der Waals surface area contributed by atoms with Crippen molar-refractivity contribution >= 4 is 22.8 Å². The minimum Gasteiger partial charge on any atom is -0.492 e. The maximum Gasteiger partial charge on any atom is 0.304 e. The van der Waals surface area contributed by atoms with E-state index >= 15 is 0 Å². The number of hydrogen-bond acceptors (Lipinski definition) is 6. The highest BCUT2D eigenvalue weighted by Crippen LogP contribution is 2.32. The van der Waals surface area contributed by atoms with Gasteiger partial charge < -0.3 is 14.4 Å². The first kappa shape index (κ1) is 21.2. The number of aliphatic carboxylic acids is 1. The van der Waals surface area contributed by atoms with E-state index in [0.29, 0.717) is 12.3 Å². The number of rotatable bonds is 8. The van der Waals surface area contributed by atoms with E-state index in [1.807, 2.05) is 24.3 Å². The Labute approximate surface area is 185 Å². The number of benzene rings is 2. The van der Waals surface area contributed by atoms with Crippen LogP contribution in [0.15, 0.2) is 70.4 Å². The van der Waals surface area contributed by atoms with Gasteiger partial charge in [0.15, 0.2) is 0 Å². The Bertz CT molecular complexity index is 1050. The number of carboxylic acids is 1. The summed E-state index contributed by atoms with van der Waals surface area (Å²) < 4.78 is 10.9. The number of carboxylic acid groups (broad SMARTS) is 1. The number of aryl methyl sites for hydroxylation is 1. The lowest BCUT2D eigenvalue weighted by molar-refractivity contribution is -0.137. The number of thioether (sulfide) groups is 1. The second-order valence-electron chi connectivity index (χ2n) is 7.65. The van der Waals surface area contributed by atoms with Gasteiger partial charge in [0.25, 0.3) is 0 Å². The van der Waals surface area contributed by atoms with Gasteiger partial charge in [0.05, 0.1) is 28.5 Å². The van der Waals surface area contributed by atoms with Crippen molar-refractivity contribution in [1.29, 1.82) is 0 Å². The summed E-state index contributed by atoms with van der Waals surface area (Å²) in [5.74, 6) is -0.499. The van der Waals surface area contributed by atoms with Crippen molar-refractivity contribution in [2.45, 2.75) is 37.5 Å². The number of carbonyl (C=O) groups is 1. The predicted octanol–water partition coefficient (Wildman–Crippen LogP) is 4.92. The molecule has 0 radical (unpaired) electrons. The molecule has 3 atom stereocenters. The van der Waals surface area contributed by atoms with Gasteiger partial charge in [-0.05, 0) is 31.5 Å². The average molecular weight is 437 g/mol. The predicted molar refractivity (Wildman–Crippen MR) is 121 cm³/mol. The summed E-state index contributed by atoms with van der Waals surface area (Å²) in [4.78, 5) is 16.1. The van der Waals surface area contributed by atoms with Crippen molar-refractivity contribution in [3.8, 4) is 5.75 Å². The summed E-state index contributed by atoms with van der Waals surface area (Å²) in [6.45, 7) is 4.74. The maximum atomic E-state index is 11.3. The minimum absolute atomic E-state index is 0.0535. The van der Waals surface area contributed by atoms with Gasteiger partial charge in [0, 0.05) is 17.5 Å². The number of hydrogen-bond donors (Lipinski definition) is 1. The molecule has 1 aromatic heterocycles. The van der Waals surface area contributed by atoms with Crippen molar-refractivity contribution in [2.75, 3.05) is 6.61 Å². The molecule has 7 heteroatoms. The fourth-order valence-corrected chi connectivity index (χ4v) is 4.68. The van der Waals surface area contributed by atoms with E-state index < -0.39 is 5.97 Å². The van der Waals surface area contributed by atoms with Gasteiger partial charge in [-0.3, -0.25) is 9.79 Å². The van der Waals surface area contributed by atoms with Gasteiger partial charge in [-0.1, -0.05) is 58.9 Å². The third-order valence-corrected chi connectivity index (χ3v) is 6.71. The normalized spacial score (nSPS) is 19.1. The summed E-state index contributed by atoms with van der Waals surface area (Å²) in [5, 5.41) is 14.5. The van der Waals surface area contributed by atoms with E-state index in [2.05, 4.69) is 43.3 Å². The first-order chi connectivity index (χ1) is 15.0. The molecule has 6 nitrogen and oxygen atoms in total. The van der Waals surface area contributed by atoms with Crippen LogP contribution < -0.4 is 4.74 Å². The lowest BCUT2D eigenvalue weighted by Crippen LogP contribution is -2.22. The summed E-state index contributed by atoms with van der Waals surface area (Å²) >= 11 is 1.75. The van der Waals surface area contributed by atoms with Crippen molar-refractivity contribution in [1.82, 2.24) is 5.16 Å². The third kappa shape index (κ3) is 5.17. The Hall–Kier alpha value is -3.06. The minimum atomic E-state index is -0.884. The van der Waals surface area contributed by atoms with Crippen LogP contribution in [0.3, 0.4) is 0 Å². The number of nitrogens with zero attached hydrogens (tertiary/aromatic N) is 2. The molecule has 0 bridgehead atoms. The number of aromatic nitrogens is 1. The molecule has 2 unspecified atom stereocenters.